The van der Waals surface area contributed by atoms with Crippen LogP contribution in [-0.4, -0.2) is 41.9 Å². The lowest BCUT2D eigenvalue weighted by atomic mass is 9.86. The van der Waals surface area contributed by atoms with Crippen LogP contribution < -0.4 is 0 Å². The first-order valence-corrected chi connectivity index (χ1v) is 9.17. The average molecular weight is 368 g/mol. The van der Waals surface area contributed by atoms with Crippen LogP contribution in [0.3, 0.4) is 0 Å². The maximum absolute atomic E-state index is 14.1. The number of amides is 2. The Morgan fingerprint density at radius 3 is 2.33 bits per heavy atom. The Balaban J connectivity index is 1.77. The van der Waals surface area contributed by atoms with E-state index in [1.54, 1.807) is 11.9 Å². The molecule has 0 aromatic heterocycles. The quantitative estimate of drug-likeness (QED) is 0.782. The topological polar surface area (TPSA) is 40.6 Å². The molecular weight excluding hydrogens is 343 g/mol. The predicted octanol–water partition coefficient (Wildman–Crippen LogP) is 3.59. The van der Waals surface area contributed by atoms with Gasteiger partial charge in [0.05, 0.1) is 6.04 Å². The molecule has 0 saturated carbocycles. The van der Waals surface area contributed by atoms with Gasteiger partial charge in [-0.05, 0) is 18.1 Å². The highest BCUT2D eigenvalue weighted by atomic mass is 19.1. The second-order valence-electron chi connectivity index (χ2n) is 7.35. The summed E-state index contributed by atoms with van der Waals surface area (Å²) in [6.07, 6.45) is -0.0847. The first kappa shape index (κ1) is 19.1. The molecule has 0 aliphatic carbocycles. The van der Waals surface area contributed by atoms with Crippen molar-refractivity contribution in [2.24, 2.45) is 5.41 Å². The minimum Gasteiger partial charge on any atom is -0.341 e. The van der Waals surface area contributed by atoms with Gasteiger partial charge in [-0.1, -0.05) is 60.7 Å². The molecule has 27 heavy (non-hydrogen) atoms. The number of alkyl halides is 1. The Hall–Kier alpha value is -2.69. The van der Waals surface area contributed by atoms with E-state index in [0.29, 0.717) is 6.54 Å². The third kappa shape index (κ3) is 3.87. The van der Waals surface area contributed by atoms with Gasteiger partial charge in [-0.3, -0.25) is 9.59 Å². The minimum atomic E-state index is -1.30. The normalized spacial score (nSPS) is 20.6. The van der Waals surface area contributed by atoms with E-state index in [2.05, 4.69) is 0 Å². The maximum Gasteiger partial charge on any atom is 0.233 e. The van der Waals surface area contributed by atoms with Crippen molar-refractivity contribution in [1.29, 1.82) is 0 Å². The Kier molecular flexibility index (Phi) is 5.59. The van der Waals surface area contributed by atoms with Crippen LogP contribution in [-0.2, 0) is 16.1 Å². The Bertz CT molecular complexity index is 796. The van der Waals surface area contributed by atoms with Crippen molar-refractivity contribution in [3.05, 3.63) is 71.8 Å². The number of carbonyl (C=O) groups is 2. The van der Waals surface area contributed by atoms with Gasteiger partial charge in [0.1, 0.15) is 12.1 Å². The summed E-state index contributed by atoms with van der Waals surface area (Å²) in [5.74, 6) is -0.490. The zero-order valence-corrected chi connectivity index (χ0v) is 15.8. The number of hydrogen-bond donors (Lipinski definition) is 0. The number of benzene rings is 2. The van der Waals surface area contributed by atoms with E-state index in [9.17, 15) is 14.0 Å². The summed E-state index contributed by atoms with van der Waals surface area (Å²) in [5, 5.41) is 0. The summed E-state index contributed by atoms with van der Waals surface area (Å²) >= 11 is 0. The van der Waals surface area contributed by atoms with Crippen LogP contribution in [0.2, 0.25) is 0 Å². The molecule has 1 aliphatic rings. The van der Waals surface area contributed by atoms with Gasteiger partial charge in [-0.2, -0.15) is 0 Å². The van der Waals surface area contributed by atoms with E-state index in [1.807, 2.05) is 67.6 Å². The third-order valence-corrected chi connectivity index (χ3v) is 5.35. The molecule has 1 saturated heterocycles. The van der Waals surface area contributed by atoms with Gasteiger partial charge >= 0.3 is 0 Å². The predicted molar refractivity (Wildman–Crippen MR) is 103 cm³/mol. The van der Waals surface area contributed by atoms with E-state index >= 15 is 0 Å². The molecule has 1 heterocycles. The van der Waals surface area contributed by atoms with Crippen LogP contribution in [0.25, 0.3) is 0 Å². The van der Waals surface area contributed by atoms with E-state index in [1.165, 1.54) is 4.90 Å². The van der Waals surface area contributed by atoms with Crippen molar-refractivity contribution in [1.82, 2.24) is 9.80 Å². The van der Waals surface area contributed by atoms with Crippen LogP contribution in [0.15, 0.2) is 60.7 Å². The molecule has 1 aliphatic heterocycles. The van der Waals surface area contributed by atoms with Gasteiger partial charge in [0.15, 0.2) is 0 Å². The number of nitrogens with zero attached hydrogens (tertiary/aromatic N) is 2. The van der Waals surface area contributed by atoms with Crippen LogP contribution in [0, 0.1) is 5.41 Å². The monoisotopic (exact) mass is 368 g/mol. The summed E-state index contributed by atoms with van der Waals surface area (Å²) in [5.41, 5.74) is 0.649. The molecule has 1 unspecified atom stereocenters. The fourth-order valence-corrected chi connectivity index (χ4v) is 3.75. The highest BCUT2D eigenvalue weighted by molar-refractivity contribution is 5.92. The molecule has 0 spiro atoms. The minimum absolute atomic E-state index is 0.0847. The second-order valence-corrected chi connectivity index (χ2v) is 7.35. The Labute approximate surface area is 159 Å². The lowest BCUT2D eigenvalue weighted by molar-refractivity contribution is -0.142. The van der Waals surface area contributed by atoms with Crippen molar-refractivity contribution in [3.8, 4) is 0 Å². The SMILES string of the molecule is C[C@H](c1ccccc1)N1CC(CF)(C(=O)N(C)Cc2ccccc2)CC1=O. The molecule has 2 aromatic rings. The zero-order chi connectivity index (χ0) is 19.4. The van der Waals surface area contributed by atoms with Crippen LogP contribution in [0.1, 0.15) is 30.5 Å². The lowest BCUT2D eigenvalue weighted by Crippen LogP contribution is -2.45. The fourth-order valence-electron chi connectivity index (χ4n) is 3.75. The van der Waals surface area contributed by atoms with E-state index < -0.39 is 12.1 Å². The Morgan fingerprint density at radius 1 is 1.15 bits per heavy atom. The fraction of sp³-hybridized carbons (Fsp3) is 0.364. The molecule has 0 bridgehead atoms. The van der Waals surface area contributed by atoms with Crippen molar-refractivity contribution in [3.63, 3.8) is 0 Å². The van der Waals surface area contributed by atoms with E-state index in [-0.39, 0.29) is 30.8 Å². The molecule has 142 valence electrons. The molecule has 2 aromatic carbocycles. The van der Waals surface area contributed by atoms with Gasteiger partial charge in [-0.15, -0.1) is 0 Å². The van der Waals surface area contributed by atoms with Gasteiger partial charge in [0.2, 0.25) is 11.8 Å². The number of carbonyl (C=O) groups excluding carboxylic acids is 2. The molecule has 1 fully saturated rings. The maximum atomic E-state index is 14.1. The smallest absolute Gasteiger partial charge is 0.233 e. The van der Waals surface area contributed by atoms with E-state index in [4.69, 9.17) is 0 Å². The number of hydrogen-bond acceptors (Lipinski definition) is 2. The molecule has 4 nitrogen and oxygen atoms in total. The third-order valence-electron chi connectivity index (χ3n) is 5.35. The highest BCUT2D eigenvalue weighted by Crippen LogP contribution is 2.38. The first-order chi connectivity index (χ1) is 13.0. The Morgan fingerprint density at radius 2 is 1.74 bits per heavy atom. The molecule has 2 amide bonds. The first-order valence-electron chi connectivity index (χ1n) is 9.17. The van der Waals surface area contributed by atoms with Crippen LogP contribution in [0.4, 0.5) is 4.39 Å². The molecular formula is C22H25FN2O2. The number of rotatable bonds is 6. The lowest BCUT2D eigenvalue weighted by Gasteiger charge is -2.31. The van der Waals surface area contributed by atoms with Crippen LogP contribution in [0.5, 0.6) is 0 Å². The van der Waals surface area contributed by atoms with Crippen LogP contribution >= 0.6 is 0 Å². The summed E-state index contributed by atoms with van der Waals surface area (Å²) < 4.78 is 14.1. The summed E-state index contributed by atoms with van der Waals surface area (Å²) in [4.78, 5) is 28.9. The molecule has 3 rings (SSSR count). The van der Waals surface area contributed by atoms with Crippen molar-refractivity contribution >= 4 is 11.8 Å². The standard InChI is InChI=1S/C22H25FN2O2/c1-17(19-11-7-4-8-12-19)25-16-22(15-23,13-20(25)26)21(27)24(2)14-18-9-5-3-6-10-18/h3-12,17H,13-16H2,1-2H3/t17-,22?/m1/s1. The van der Waals surface area contributed by atoms with Crippen molar-refractivity contribution in [2.75, 3.05) is 20.3 Å². The summed E-state index contributed by atoms with van der Waals surface area (Å²) in [7, 11) is 1.67. The molecule has 0 radical (unpaired) electrons. The second kappa shape index (κ2) is 7.91. The van der Waals surface area contributed by atoms with Crippen molar-refractivity contribution < 1.29 is 14.0 Å². The van der Waals surface area contributed by atoms with Gasteiger partial charge < -0.3 is 9.80 Å². The average Bonchev–Trinajstić information content (AvgIpc) is 3.06. The van der Waals surface area contributed by atoms with Gasteiger partial charge in [0, 0.05) is 26.6 Å². The number of likely N-dealkylation sites (tertiary alicyclic amines) is 1. The largest absolute Gasteiger partial charge is 0.341 e. The molecule has 0 N–H and O–H groups in total. The van der Waals surface area contributed by atoms with E-state index in [0.717, 1.165) is 11.1 Å². The van der Waals surface area contributed by atoms with Crippen molar-refractivity contribution in [2.45, 2.75) is 25.9 Å². The zero-order valence-electron chi connectivity index (χ0n) is 15.8. The summed E-state index contributed by atoms with van der Waals surface area (Å²) in [6, 6.07) is 19.0. The van der Waals surface area contributed by atoms with Gasteiger partial charge in [-0.25, -0.2) is 4.39 Å². The highest BCUT2D eigenvalue weighted by Gasteiger charge is 2.51. The van der Waals surface area contributed by atoms with Gasteiger partial charge in [0.25, 0.3) is 0 Å². The summed E-state index contributed by atoms with van der Waals surface area (Å²) in [6.45, 7) is 1.58. The molecule has 5 heteroatoms. The number of halogens is 1. The molecule has 2 atom stereocenters.